The Labute approximate surface area is 129 Å². The highest BCUT2D eigenvalue weighted by atomic mass is 14.9. The molecule has 0 aliphatic heterocycles. The minimum Gasteiger partial charge on any atom is -0.313 e. The van der Waals surface area contributed by atoms with Crippen LogP contribution in [0.5, 0.6) is 0 Å². The largest absolute Gasteiger partial charge is 0.313 e. The molecule has 0 spiro atoms. The summed E-state index contributed by atoms with van der Waals surface area (Å²) in [7, 11) is 2.02. The van der Waals surface area contributed by atoms with Gasteiger partial charge in [0.25, 0.3) is 0 Å². The van der Waals surface area contributed by atoms with Gasteiger partial charge in [0.1, 0.15) is 0 Å². The highest BCUT2D eigenvalue weighted by molar-refractivity contribution is 5.64. The average molecular weight is 281 g/mol. The van der Waals surface area contributed by atoms with Gasteiger partial charge in [-0.1, -0.05) is 76.2 Å². The molecule has 1 unspecified atom stereocenters. The molecule has 1 N–H and O–H groups in total. The molecule has 0 bridgehead atoms. The van der Waals surface area contributed by atoms with E-state index in [4.69, 9.17) is 0 Å². The average Bonchev–Trinajstić information content (AvgIpc) is 2.48. The smallest absolute Gasteiger partial charge is 0.0314 e. The molecule has 0 saturated heterocycles. The number of hydrogen-bond donors (Lipinski definition) is 1. The molecule has 112 valence electrons. The fourth-order valence-electron chi connectivity index (χ4n) is 2.68. The molecule has 0 amide bonds. The van der Waals surface area contributed by atoms with Crippen LogP contribution >= 0.6 is 0 Å². The number of rotatable bonds is 4. The zero-order valence-corrected chi connectivity index (χ0v) is 13.9. The molecule has 0 aromatic heterocycles. The standard InChI is InChI=1S/C20H27N/c1-6-19(21-5)17-9-7-15(8-10-17)16-11-13-18(14-12-16)20(2,3)4/h7-14,19,21H,6H2,1-5H3. The molecular weight excluding hydrogens is 254 g/mol. The molecule has 1 heteroatoms. The third kappa shape index (κ3) is 3.74. The van der Waals surface area contributed by atoms with E-state index in [0.29, 0.717) is 6.04 Å². The molecule has 0 fully saturated rings. The van der Waals surface area contributed by atoms with Crippen molar-refractivity contribution in [1.82, 2.24) is 5.32 Å². The molecule has 0 radical (unpaired) electrons. The van der Waals surface area contributed by atoms with Crippen LogP contribution in [0, 0.1) is 0 Å². The summed E-state index contributed by atoms with van der Waals surface area (Å²) in [5.41, 5.74) is 5.51. The van der Waals surface area contributed by atoms with Crippen LogP contribution in [0.3, 0.4) is 0 Å². The van der Waals surface area contributed by atoms with E-state index in [1.807, 2.05) is 7.05 Å². The Balaban J connectivity index is 2.23. The molecule has 2 aromatic carbocycles. The number of benzene rings is 2. The first-order valence-electron chi connectivity index (χ1n) is 7.84. The summed E-state index contributed by atoms with van der Waals surface area (Å²) < 4.78 is 0. The van der Waals surface area contributed by atoms with Crippen LogP contribution in [0.1, 0.15) is 51.3 Å². The van der Waals surface area contributed by atoms with Crippen molar-refractivity contribution < 1.29 is 0 Å². The zero-order chi connectivity index (χ0) is 15.5. The highest BCUT2D eigenvalue weighted by Gasteiger charge is 2.13. The number of nitrogens with one attached hydrogen (secondary N) is 1. The van der Waals surface area contributed by atoms with Crippen molar-refractivity contribution >= 4 is 0 Å². The van der Waals surface area contributed by atoms with E-state index < -0.39 is 0 Å². The van der Waals surface area contributed by atoms with Crippen molar-refractivity contribution in [1.29, 1.82) is 0 Å². The van der Waals surface area contributed by atoms with Crippen molar-refractivity contribution in [3.63, 3.8) is 0 Å². The van der Waals surface area contributed by atoms with Crippen LogP contribution in [0.15, 0.2) is 48.5 Å². The van der Waals surface area contributed by atoms with Crippen molar-refractivity contribution in [2.24, 2.45) is 0 Å². The molecule has 0 saturated carbocycles. The molecule has 21 heavy (non-hydrogen) atoms. The van der Waals surface area contributed by atoms with Gasteiger partial charge in [-0.2, -0.15) is 0 Å². The quantitative estimate of drug-likeness (QED) is 0.799. The third-order valence-corrected chi connectivity index (χ3v) is 4.15. The van der Waals surface area contributed by atoms with E-state index in [-0.39, 0.29) is 5.41 Å². The van der Waals surface area contributed by atoms with Gasteiger partial charge in [0, 0.05) is 6.04 Å². The Morgan fingerprint density at radius 3 is 1.71 bits per heavy atom. The van der Waals surface area contributed by atoms with Gasteiger partial charge in [-0.15, -0.1) is 0 Å². The zero-order valence-electron chi connectivity index (χ0n) is 13.9. The summed E-state index contributed by atoms with van der Waals surface area (Å²) in [4.78, 5) is 0. The van der Waals surface area contributed by atoms with Crippen LogP contribution in [-0.2, 0) is 5.41 Å². The predicted octanol–water partition coefficient (Wildman–Crippen LogP) is 5.32. The fourth-order valence-corrected chi connectivity index (χ4v) is 2.68. The fraction of sp³-hybridized carbons (Fsp3) is 0.400. The summed E-state index contributed by atoms with van der Waals surface area (Å²) in [5, 5.41) is 3.35. The van der Waals surface area contributed by atoms with Gasteiger partial charge in [0.2, 0.25) is 0 Å². The lowest BCUT2D eigenvalue weighted by atomic mass is 9.86. The van der Waals surface area contributed by atoms with E-state index in [1.165, 1.54) is 22.3 Å². The molecular formula is C20H27N. The van der Waals surface area contributed by atoms with Gasteiger partial charge < -0.3 is 5.32 Å². The van der Waals surface area contributed by atoms with Crippen molar-refractivity contribution in [3.05, 3.63) is 59.7 Å². The lowest BCUT2D eigenvalue weighted by molar-refractivity contribution is 0.577. The molecule has 2 aromatic rings. The first kappa shape index (κ1) is 15.8. The van der Waals surface area contributed by atoms with Crippen LogP contribution in [-0.4, -0.2) is 7.05 Å². The van der Waals surface area contributed by atoms with E-state index >= 15 is 0 Å². The van der Waals surface area contributed by atoms with Gasteiger partial charge in [0.15, 0.2) is 0 Å². The molecule has 1 nitrogen and oxygen atoms in total. The summed E-state index contributed by atoms with van der Waals surface area (Å²) >= 11 is 0. The normalized spacial score (nSPS) is 13.2. The monoisotopic (exact) mass is 281 g/mol. The Kier molecular flexibility index (Phi) is 4.84. The highest BCUT2D eigenvalue weighted by Crippen LogP contribution is 2.27. The van der Waals surface area contributed by atoms with Gasteiger partial charge in [0.05, 0.1) is 0 Å². The molecule has 0 aliphatic carbocycles. The van der Waals surface area contributed by atoms with Crippen molar-refractivity contribution in [2.75, 3.05) is 7.05 Å². The minimum absolute atomic E-state index is 0.212. The first-order valence-corrected chi connectivity index (χ1v) is 7.84. The van der Waals surface area contributed by atoms with E-state index in [1.54, 1.807) is 0 Å². The van der Waals surface area contributed by atoms with Crippen molar-refractivity contribution in [3.8, 4) is 11.1 Å². The maximum atomic E-state index is 3.35. The lowest BCUT2D eigenvalue weighted by Crippen LogP contribution is -2.14. The second-order valence-corrected chi connectivity index (χ2v) is 6.70. The summed E-state index contributed by atoms with van der Waals surface area (Å²) in [6, 6.07) is 18.3. The minimum atomic E-state index is 0.212. The number of hydrogen-bond acceptors (Lipinski definition) is 1. The molecule has 0 aliphatic rings. The van der Waals surface area contributed by atoms with Crippen LogP contribution in [0.2, 0.25) is 0 Å². The van der Waals surface area contributed by atoms with Crippen LogP contribution in [0.4, 0.5) is 0 Å². The Hall–Kier alpha value is -1.60. The van der Waals surface area contributed by atoms with Gasteiger partial charge in [-0.3, -0.25) is 0 Å². The first-order chi connectivity index (χ1) is 9.95. The molecule has 2 rings (SSSR count). The Morgan fingerprint density at radius 2 is 1.33 bits per heavy atom. The Bertz CT molecular complexity index is 554. The second-order valence-electron chi connectivity index (χ2n) is 6.70. The van der Waals surface area contributed by atoms with Crippen LogP contribution < -0.4 is 5.32 Å². The summed E-state index contributed by atoms with van der Waals surface area (Å²) in [5.74, 6) is 0. The maximum absolute atomic E-state index is 3.35. The van der Waals surface area contributed by atoms with E-state index in [2.05, 4.69) is 81.5 Å². The molecule has 1 atom stereocenters. The predicted molar refractivity (Wildman–Crippen MR) is 92.7 cm³/mol. The lowest BCUT2D eigenvalue weighted by Gasteiger charge is -2.19. The van der Waals surface area contributed by atoms with Gasteiger partial charge in [-0.25, -0.2) is 0 Å². The van der Waals surface area contributed by atoms with Crippen molar-refractivity contribution in [2.45, 2.75) is 45.6 Å². The van der Waals surface area contributed by atoms with Gasteiger partial charge >= 0.3 is 0 Å². The Morgan fingerprint density at radius 1 is 0.857 bits per heavy atom. The van der Waals surface area contributed by atoms with Gasteiger partial charge in [-0.05, 0) is 41.1 Å². The van der Waals surface area contributed by atoms with E-state index in [0.717, 1.165) is 6.42 Å². The molecule has 0 heterocycles. The second kappa shape index (κ2) is 6.44. The summed E-state index contributed by atoms with van der Waals surface area (Å²) in [6.45, 7) is 8.96. The van der Waals surface area contributed by atoms with E-state index in [9.17, 15) is 0 Å². The van der Waals surface area contributed by atoms with Crippen LogP contribution in [0.25, 0.3) is 11.1 Å². The topological polar surface area (TPSA) is 12.0 Å². The SMILES string of the molecule is CCC(NC)c1ccc(-c2ccc(C(C)(C)C)cc2)cc1. The summed E-state index contributed by atoms with van der Waals surface area (Å²) in [6.07, 6.45) is 1.11. The maximum Gasteiger partial charge on any atom is 0.0314 e. The third-order valence-electron chi connectivity index (χ3n) is 4.15.